The number of aromatic nitrogens is 4. The monoisotopic (exact) mass is 524 g/mol. The number of H-pyrrole nitrogens is 1. The molecule has 0 amide bonds. The van der Waals surface area contributed by atoms with E-state index < -0.39 is 17.8 Å². The van der Waals surface area contributed by atoms with Gasteiger partial charge in [0.2, 0.25) is 0 Å². The Morgan fingerprint density at radius 2 is 2.18 bits per heavy atom. The number of carboxylic acid groups (broad SMARTS) is 1. The van der Waals surface area contributed by atoms with Gasteiger partial charge in [0.15, 0.2) is 11.6 Å². The van der Waals surface area contributed by atoms with Crippen molar-refractivity contribution >= 4 is 29.5 Å². The highest BCUT2D eigenvalue weighted by Gasteiger charge is 2.41. The summed E-state index contributed by atoms with van der Waals surface area (Å²) in [4.78, 5) is 33.6. The molecule has 3 aliphatic rings. The third-order valence-corrected chi connectivity index (χ3v) is 7.79. The number of allylic oxidation sites excluding steroid dienone is 1. The number of aromatic amines is 1. The summed E-state index contributed by atoms with van der Waals surface area (Å²) in [6, 6.07) is 3.48. The first-order valence-corrected chi connectivity index (χ1v) is 13.1. The van der Waals surface area contributed by atoms with Crippen LogP contribution in [0, 0.1) is 11.7 Å². The van der Waals surface area contributed by atoms with Crippen molar-refractivity contribution in [2.24, 2.45) is 10.9 Å². The first-order chi connectivity index (χ1) is 18.3. The standard InChI is InChI=1S/C26H33FN8O3/c1-15-3-9-23(36)25(15)35(17-4-6-20-16(11-17)13-34(2)14-28-20)18-5-7-21(19(27)12-18)29-22(26(37)38)8-10-24-30-32-33-31-24/h5,7,12,14-15,17,22,25,29H,3-4,6,8-11,13H2,1-2H3,(H,37,38)(H,30,31,32,33)/t15?,17?,22-,25?/m0/s1. The molecule has 3 N–H and O–H groups in total. The highest BCUT2D eigenvalue weighted by molar-refractivity contribution is 5.90. The van der Waals surface area contributed by atoms with Crippen molar-refractivity contribution in [3.05, 3.63) is 41.1 Å². The van der Waals surface area contributed by atoms with Gasteiger partial charge in [0.05, 0.1) is 18.1 Å². The molecule has 38 heavy (non-hydrogen) atoms. The number of halogens is 1. The van der Waals surface area contributed by atoms with Gasteiger partial charge in [-0.05, 0) is 61.8 Å². The lowest BCUT2D eigenvalue weighted by molar-refractivity contribution is -0.138. The number of hydrogen-bond acceptors (Lipinski definition) is 9. The Morgan fingerprint density at radius 1 is 1.34 bits per heavy atom. The molecule has 1 aromatic heterocycles. The maximum Gasteiger partial charge on any atom is 0.326 e. The van der Waals surface area contributed by atoms with Gasteiger partial charge in [-0.3, -0.25) is 4.79 Å². The highest BCUT2D eigenvalue weighted by Crippen LogP contribution is 2.39. The van der Waals surface area contributed by atoms with Crippen LogP contribution in [-0.4, -0.2) is 80.4 Å². The van der Waals surface area contributed by atoms with Crippen LogP contribution in [0.25, 0.3) is 0 Å². The van der Waals surface area contributed by atoms with Gasteiger partial charge in [0.1, 0.15) is 11.9 Å². The molecule has 11 nitrogen and oxygen atoms in total. The molecule has 3 unspecified atom stereocenters. The first kappa shape index (κ1) is 25.8. The van der Waals surface area contributed by atoms with Gasteiger partial charge in [-0.2, -0.15) is 5.21 Å². The Morgan fingerprint density at radius 3 is 2.87 bits per heavy atom. The van der Waals surface area contributed by atoms with Gasteiger partial charge in [0.25, 0.3) is 0 Å². The van der Waals surface area contributed by atoms with Crippen molar-refractivity contribution in [1.82, 2.24) is 25.5 Å². The van der Waals surface area contributed by atoms with Crippen molar-refractivity contribution in [3.63, 3.8) is 0 Å². The number of nitrogens with zero attached hydrogens (tertiary/aromatic N) is 6. The Kier molecular flexibility index (Phi) is 7.39. The zero-order valence-corrected chi connectivity index (χ0v) is 21.6. The Bertz CT molecular complexity index is 1250. The minimum absolute atomic E-state index is 0.0462. The Hall–Kier alpha value is -3.83. The fourth-order valence-electron chi connectivity index (χ4n) is 5.85. The maximum absolute atomic E-state index is 15.5. The van der Waals surface area contributed by atoms with E-state index in [0.29, 0.717) is 17.9 Å². The topological polar surface area (TPSA) is 140 Å². The number of aliphatic carboxylic acids is 1. The second-order valence-electron chi connectivity index (χ2n) is 10.5. The number of carboxylic acids is 1. The van der Waals surface area contributed by atoms with Crippen LogP contribution in [0.3, 0.4) is 0 Å². The van der Waals surface area contributed by atoms with Gasteiger partial charge in [-0.25, -0.2) is 14.2 Å². The van der Waals surface area contributed by atoms with Crippen LogP contribution in [0.4, 0.5) is 15.8 Å². The van der Waals surface area contributed by atoms with Gasteiger partial charge in [-0.15, -0.1) is 10.2 Å². The van der Waals surface area contributed by atoms with Gasteiger partial charge < -0.3 is 20.2 Å². The maximum atomic E-state index is 15.5. The third kappa shape index (κ3) is 5.39. The number of tetrazole rings is 1. The molecular formula is C26H33FN8O3. The molecule has 0 bridgehead atoms. The summed E-state index contributed by atoms with van der Waals surface area (Å²) in [6.07, 6.45) is 6.05. The van der Waals surface area contributed by atoms with Gasteiger partial charge >= 0.3 is 5.97 Å². The first-order valence-electron chi connectivity index (χ1n) is 13.1. The summed E-state index contributed by atoms with van der Waals surface area (Å²) in [5.74, 6) is -0.927. The summed E-state index contributed by atoms with van der Waals surface area (Å²) in [6.45, 7) is 2.89. The van der Waals surface area contributed by atoms with E-state index >= 15 is 4.39 Å². The molecular weight excluding hydrogens is 491 g/mol. The smallest absolute Gasteiger partial charge is 0.326 e. The van der Waals surface area contributed by atoms with E-state index in [0.717, 1.165) is 37.9 Å². The van der Waals surface area contributed by atoms with Crippen LogP contribution in [0.15, 0.2) is 34.5 Å². The fourth-order valence-corrected chi connectivity index (χ4v) is 5.85. The number of aryl methyl sites for hydroxylation is 1. The van der Waals surface area contributed by atoms with E-state index in [1.807, 2.05) is 18.3 Å². The molecule has 2 heterocycles. The van der Waals surface area contributed by atoms with Crippen molar-refractivity contribution in [1.29, 1.82) is 0 Å². The van der Waals surface area contributed by atoms with Crippen molar-refractivity contribution in [3.8, 4) is 0 Å². The van der Waals surface area contributed by atoms with Crippen molar-refractivity contribution in [2.75, 3.05) is 23.8 Å². The lowest BCUT2D eigenvalue weighted by Crippen LogP contribution is -2.49. The fraction of sp³-hybridized carbons (Fsp3) is 0.538. The molecule has 0 radical (unpaired) electrons. The molecule has 202 valence electrons. The van der Waals surface area contributed by atoms with Crippen LogP contribution >= 0.6 is 0 Å². The average molecular weight is 525 g/mol. The molecule has 2 aliphatic carbocycles. The second kappa shape index (κ2) is 10.9. The van der Waals surface area contributed by atoms with Gasteiger partial charge in [0, 0.05) is 43.9 Å². The molecule has 1 saturated carbocycles. The van der Waals surface area contributed by atoms with Crippen LogP contribution in [0.1, 0.15) is 51.3 Å². The number of likely N-dealkylation sites (N-methyl/N-ethyl adjacent to an activating group) is 1. The van der Waals surface area contributed by atoms with Crippen LogP contribution in [-0.2, 0) is 16.0 Å². The Labute approximate surface area is 220 Å². The minimum atomic E-state index is -1.10. The summed E-state index contributed by atoms with van der Waals surface area (Å²) < 4.78 is 15.5. The SMILES string of the molecule is CC1CCC(=O)C1N(c1ccc(N[C@@H](CCc2nn[nH]n2)C(=O)O)c(F)c1)C1CCC2=C(C1)CN(C)C=N2. The van der Waals surface area contributed by atoms with E-state index in [4.69, 9.17) is 0 Å². The minimum Gasteiger partial charge on any atom is -0.480 e. The number of rotatable bonds is 9. The molecule has 1 aromatic carbocycles. The zero-order valence-electron chi connectivity index (χ0n) is 21.6. The number of carbonyl (C=O) groups is 2. The number of nitrogens with one attached hydrogen (secondary N) is 2. The molecule has 2 aromatic rings. The summed E-state index contributed by atoms with van der Waals surface area (Å²) >= 11 is 0. The van der Waals surface area contributed by atoms with Gasteiger partial charge in [-0.1, -0.05) is 12.1 Å². The lowest BCUT2D eigenvalue weighted by Gasteiger charge is -2.43. The lowest BCUT2D eigenvalue weighted by atomic mass is 9.87. The summed E-state index contributed by atoms with van der Waals surface area (Å²) in [7, 11) is 1.99. The molecule has 12 heteroatoms. The average Bonchev–Trinajstić information content (AvgIpc) is 3.53. The molecule has 0 saturated heterocycles. The highest BCUT2D eigenvalue weighted by atomic mass is 19.1. The number of hydrogen-bond donors (Lipinski definition) is 3. The normalized spacial score (nSPS) is 23.9. The predicted molar refractivity (Wildman–Crippen MR) is 139 cm³/mol. The number of ketones is 1. The number of carbonyl (C=O) groups excluding carboxylic acids is 1. The molecule has 1 fully saturated rings. The van der Waals surface area contributed by atoms with E-state index in [2.05, 4.69) is 42.8 Å². The van der Waals surface area contributed by atoms with E-state index in [1.54, 1.807) is 12.1 Å². The molecule has 5 rings (SSSR count). The van der Waals surface area contributed by atoms with Crippen LogP contribution in [0.5, 0.6) is 0 Å². The molecule has 1 aliphatic heterocycles. The summed E-state index contributed by atoms with van der Waals surface area (Å²) in [5, 5.41) is 26.0. The number of aliphatic imine (C=N–C) groups is 1. The predicted octanol–water partition coefficient (Wildman–Crippen LogP) is 2.79. The van der Waals surface area contributed by atoms with Crippen molar-refractivity contribution in [2.45, 2.75) is 70.0 Å². The third-order valence-electron chi connectivity index (χ3n) is 7.79. The van der Waals surface area contributed by atoms with E-state index in [-0.39, 0.29) is 42.3 Å². The number of Topliss-reactive ketones (excluding diaryl/α,β-unsaturated/α-hetero) is 1. The molecule has 4 atom stereocenters. The van der Waals surface area contributed by atoms with Crippen molar-refractivity contribution < 1.29 is 19.1 Å². The van der Waals surface area contributed by atoms with Crippen LogP contribution in [0.2, 0.25) is 0 Å². The quantitative estimate of drug-likeness (QED) is 0.452. The van der Waals surface area contributed by atoms with Crippen LogP contribution < -0.4 is 10.2 Å². The number of anilines is 2. The molecule has 0 spiro atoms. The Balaban J connectivity index is 1.39. The van der Waals surface area contributed by atoms with E-state index in [9.17, 15) is 14.7 Å². The number of benzene rings is 1. The largest absolute Gasteiger partial charge is 0.480 e. The van der Waals surface area contributed by atoms with E-state index in [1.165, 1.54) is 11.6 Å². The second-order valence-corrected chi connectivity index (χ2v) is 10.5. The zero-order chi connectivity index (χ0) is 26.8. The summed E-state index contributed by atoms with van der Waals surface area (Å²) in [5.41, 5.74) is 3.12.